The highest BCUT2D eigenvalue weighted by Gasteiger charge is 2.21. The SMILES string of the molecule is CCN1CCN(C(=O)c2cnc(NCc3ccc(F)cc3)nc2)CC1. The molecular weight excluding hydrogens is 321 g/mol. The Balaban J connectivity index is 1.54. The number of benzene rings is 1. The molecule has 0 radical (unpaired) electrons. The van der Waals surface area contributed by atoms with Crippen LogP contribution in [-0.2, 0) is 6.54 Å². The minimum Gasteiger partial charge on any atom is -0.350 e. The van der Waals surface area contributed by atoms with E-state index in [1.807, 2.05) is 4.90 Å². The number of piperazine rings is 1. The molecule has 1 fully saturated rings. The van der Waals surface area contributed by atoms with Crippen molar-refractivity contribution in [2.45, 2.75) is 13.5 Å². The zero-order valence-corrected chi connectivity index (χ0v) is 14.3. The van der Waals surface area contributed by atoms with Crippen LogP contribution < -0.4 is 5.32 Å². The van der Waals surface area contributed by atoms with Crippen LogP contribution >= 0.6 is 0 Å². The van der Waals surface area contributed by atoms with Gasteiger partial charge in [-0.25, -0.2) is 14.4 Å². The lowest BCUT2D eigenvalue weighted by Gasteiger charge is -2.33. The predicted molar refractivity (Wildman–Crippen MR) is 93.8 cm³/mol. The van der Waals surface area contributed by atoms with Crippen molar-refractivity contribution in [2.75, 3.05) is 38.0 Å². The van der Waals surface area contributed by atoms with Crippen molar-refractivity contribution in [1.29, 1.82) is 0 Å². The fourth-order valence-corrected chi connectivity index (χ4v) is 2.76. The average Bonchev–Trinajstić information content (AvgIpc) is 2.67. The first-order chi connectivity index (χ1) is 12.2. The molecule has 0 spiro atoms. The smallest absolute Gasteiger partial charge is 0.257 e. The number of likely N-dealkylation sites (N-methyl/N-ethyl adjacent to an activating group) is 1. The topological polar surface area (TPSA) is 61.4 Å². The number of rotatable bonds is 5. The molecule has 0 bridgehead atoms. The van der Waals surface area contributed by atoms with Gasteiger partial charge in [-0.3, -0.25) is 4.79 Å². The Hall–Kier alpha value is -2.54. The van der Waals surface area contributed by atoms with E-state index in [0.717, 1.165) is 38.3 Å². The second kappa shape index (κ2) is 8.02. The fourth-order valence-electron chi connectivity index (χ4n) is 2.76. The lowest BCUT2D eigenvalue weighted by Crippen LogP contribution is -2.48. The highest BCUT2D eigenvalue weighted by Crippen LogP contribution is 2.10. The van der Waals surface area contributed by atoms with E-state index in [1.165, 1.54) is 12.1 Å². The van der Waals surface area contributed by atoms with Crippen LogP contribution in [0.5, 0.6) is 0 Å². The van der Waals surface area contributed by atoms with Gasteiger partial charge >= 0.3 is 0 Å². The molecule has 0 saturated carbocycles. The number of nitrogens with zero attached hydrogens (tertiary/aromatic N) is 4. The van der Waals surface area contributed by atoms with Crippen LogP contribution in [0, 0.1) is 5.82 Å². The molecule has 2 heterocycles. The van der Waals surface area contributed by atoms with Gasteiger partial charge in [-0.05, 0) is 24.2 Å². The van der Waals surface area contributed by atoms with E-state index in [-0.39, 0.29) is 11.7 Å². The highest BCUT2D eigenvalue weighted by molar-refractivity contribution is 5.93. The molecular formula is C18H22FN5O. The van der Waals surface area contributed by atoms with E-state index < -0.39 is 0 Å². The Kier molecular flexibility index (Phi) is 5.55. The summed E-state index contributed by atoms with van der Waals surface area (Å²) in [6.45, 7) is 6.91. The Labute approximate surface area is 146 Å². The van der Waals surface area contributed by atoms with E-state index in [2.05, 4.69) is 27.1 Å². The quantitative estimate of drug-likeness (QED) is 0.900. The van der Waals surface area contributed by atoms with Crippen LogP contribution in [0.3, 0.4) is 0 Å². The monoisotopic (exact) mass is 343 g/mol. The standard InChI is InChI=1S/C18H22FN5O/c1-2-23-7-9-24(10-8-23)17(25)15-12-21-18(22-13-15)20-11-14-3-5-16(19)6-4-14/h3-6,12-13H,2,7-11H2,1H3,(H,20,21,22). The number of halogens is 1. The molecule has 3 rings (SSSR count). The van der Waals surface area contributed by atoms with Crippen LogP contribution in [-0.4, -0.2) is 58.4 Å². The number of carbonyl (C=O) groups excluding carboxylic acids is 1. The molecule has 1 saturated heterocycles. The lowest BCUT2D eigenvalue weighted by atomic mass is 10.2. The van der Waals surface area contributed by atoms with Crippen LogP contribution in [0.4, 0.5) is 10.3 Å². The summed E-state index contributed by atoms with van der Waals surface area (Å²) in [4.78, 5) is 25.1. The van der Waals surface area contributed by atoms with Gasteiger partial charge in [0.25, 0.3) is 5.91 Å². The van der Waals surface area contributed by atoms with Gasteiger partial charge in [0.2, 0.25) is 5.95 Å². The zero-order chi connectivity index (χ0) is 17.6. The van der Waals surface area contributed by atoms with Crippen molar-refractivity contribution < 1.29 is 9.18 Å². The molecule has 2 aromatic rings. The first-order valence-corrected chi connectivity index (χ1v) is 8.47. The molecule has 132 valence electrons. The minimum atomic E-state index is -0.261. The van der Waals surface area contributed by atoms with Gasteiger partial charge in [-0.2, -0.15) is 0 Å². The summed E-state index contributed by atoms with van der Waals surface area (Å²) < 4.78 is 12.9. The molecule has 1 aliphatic heterocycles. The third-order valence-corrected chi connectivity index (χ3v) is 4.37. The number of carbonyl (C=O) groups is 1. The highest BCUT2D eigenvalue weighted by atomic mass is 19.1. The lowest BCUT2D eigenvalue weighted by molar-refractivity contribution is 0.0642. The Bertz CT molecular complexity index is 696. The van der Waals surface area contributed by atoms with Gasteiger partial charge < -0.3 is 15.1 Å². The van der Waals surface area contributed by atoms with Gasteiger partial charge in [-0.1, -0.05) is 19.1 Å². The molecule has 1 aliphatic rings. The van der Waals surface area contributed by atoms with Crippen LogP contribution in [0.25, 0.3) is 0 Å². The molecule has 7 heteroatoms. The van der Waals surface area contributed by atoms with Crippen molar-refractivity contribution in [3.05, 3.63) is 53.6 Å². The zero-order valence-electron chi connectivity index (χ0n) is 14.3. The summed E-state index contributed by atoms with van der Waals surface area (Å²) in [5, 5.41) is 3.06. The maximum Gasteiger partial charge on any atom is 0.257 e. The number of hydrogen-bond donors (Lipinski definition) is 1. The van der Waals surface area contributed by atoms with Crippen LogP contribution in [0.15, 0.2) is 36.7 Å². The molecule has 6 nitrogen and oxygen atoms in total. The first-order valence-electron chi connectivity index (χ1n) is 8.47. The van der Waals surface area contributed by atoms with Gasteiger partial charge in [0.1, 0.15) is 5.82 Å². The summed E-state index contributed by atoms with van der Waals surface area (Å²) in [5.74, 6) is 0.153. The predicted octanol–water partition coefficient (Wildman–Crippen LogP) is 2.01. The van der Waals surface area contributed by atoms with E-state index in [4.69, 9.17) is 0 Å². The van der Waals surface area contributed by atoms with Crippen molar-refractivity contribution in [3.8, 4) is 0 Å². The second-order valence-corrected chi connectivity index (χ2v) is 6.00. The van der Waals surface area contributed by atoms with Gasteiger partial charge in [-0.15, -0.1) is 0 Å². The normalized spacial score (nSPS) is 15.2. The van der Waals surface area contributed by atoms with Gasteiger partial charge in [0, 0.05) is 45.1 Å². The largest absolute Gasteiger partial charge is 0.350 e. The summed E-state index contributed by atoms with van der Waals surface area (Å²) in [6, 6.07) is 6.24. The molecule has 1 aromatic heterocycles. The Morgan fingerprint density at radius 1 is 1.12 bits per heavy atom. The Morgan fingerprint density at radius 3 is 2.36 bits per heavy atom. The van der Waals surface area contributed by atoms with Crippen molar-refractivity contribution in [1.82, 2.24) is 19.8 Å². The number of anilines is 1. The maximum absolute atomic E-state index is 12.9. The van der Waals surface area contributed by atoms with Crippen molar-refractivity contribution in [3.63, 3.8) is 0 Å². The summed E-state index contributed by atoms with van der Waals surface area (Å²) in [7, 11) is 0. The van der Waals surface area contributed by atoms with Crippen LogP contribution in [0.1, 0.15) is 22.8 Å². The van der Waals surface area contributed by atoms with E-state index in [1.54, 1.807) is 24.5 Å². The molecule has 1 aromatic carbocycles. The van der Waals surface area contributed by atoms with Crippen LogP contribution in [0.2, 0.25) is 0 Å². The third kappa shape index (κ3) is 4.51. The number of amides is 1. The van der Waals surface area contributed by atoms with Crippen molar-refractivity contribution >= 4 is 11.9 Å². The summed E-state index contributed by atoms with van der Waals surface area (Å²) >= 11 is 0. The molecule has 0 aliphatic carbocycles. The number of aromatic nitrogens is 2. The number of hydrogen-bond acceptors (Lipinski definition) is 5. The first kappa shape index (κ1) is 17.3. The fraction of sp³-hybridized carbons (Fsp3) is 0.389. The molecule has 1 amide bonds. The van der Waals surface area contributed by atoms with Crippen molar-refractivity contribution in [2.24, 2.45) is 0 Å². The number of nitrogens with one attached hydrogen (secondary N) is 1. The van der Waals surface area contributed by atoms with Gasteiger partial charge in [0.15, 0.2) is 0 Å². The minimum absolute atomic E-state index is 0.0270. The van der Waals surface area contributed by atoms with E-state index >= 15 is 0 Å². The Morgan fingerprint density at radius 2 is 1.76 bits per heavy atom. The van der Waals surface area contributed by atoms with Gasteiger partial charge in [0.05, 0.1) is 5.56 Å². The summed E-state index contributed by atoms with van der Waals surface area (Å²) in [5.41, 5.74) is 1.43. The third-order valence-electron chi connectivity index (χ3n) is 4.37. The maximum atomic E-state index is 12.9. The average molecular weight is 343 g/mol. The molecule has 25 heavy (non-hydrogen) atoms. The molecule has 0 atom stereocenters. The van der Waals surface area contributed by atoms with E-state index in [9.17, 15) is 9.18 Å². The summed E-state index contributed by atoms with van der Waals surface area (Å²) in [6.07, 6.45) is 3.10. The molecule has 1 N–H and O–H groups in total. The molecule has 0 unspecified atom stereocenters. The second-order valence-electron chi connectivity index (χ2n) is 6.00. The van der Waals surface area contributed by atoms with E-state index in [0.29, 0.717) is 18.1 Å².